The molecule has 0 aliphatic heterocycles. The van der Waals surface area contributed by atoms with Crippen LogP contribution in [0.2, 0.25) is 0 Å². The zero-order valence-electron chi connectivity index (χ0n) is 11.5. The van der Waals surface area contributed by atoms with E-state index in [0.29, 0.717) is 22.9 Å². The Kier molecular flexibility index (Phi) is 3.71. The number of aromatic nitrogens is 2. The van der Waals surface area contributed by atoms with Gasteiger partial charge in [0.25, 0.3) is 0 Å². The summed E-state index contributed by atoms with van der Waals surface area (Å²) < 4.78 is 20.4. The highest BCUT2D eigenvalue weighted by atomic mass is 35.5. The standard InChI is InChI=1S/C14H15ClFN3O2/c1-21-12-5-11-10(4-9(12)16)18-13(6-15)19(11)7-14(20)17-8-2-3-8/h4-5,8H,2-3,6-7H2,1H3,(H,17,20). The highest BCUT2D eigenvalue weighted by Crippen LogP contribution is 2.26. The average Bonchev–Trinajstić information content (AvgIpc) is 3.20. The number of halogens is 2. The molecule has 0 spiro atoms. The lowest BCUT2D eigenvalue weighted by atomic mass is 10.3. The number of nitrogens with zero attached hydrogens (tertiary/aromatic N) is 2. The summed E-state index contributed by atoms with van der Waals surface area (Å²) in [5.41, 5.74) is 1.10. The van der Waals surface area contributed by atoms with Gasteiger partial charge < -0.3 is 14.6 Å². The Balaban J connectivity index is 1.99. The molecular formula is C14H15ClFN3O2. The molecule has 0 saturated heterocycles. The second kappa shape index (κ2) is 5.52. The molecule has 21 heavy (non-hydrogen) atoms. The first-order valence-electron chi connectivity index (χ1n) is 6.70. The van der Waals surface area contributed by atoms with E-state index in [1.807, 2.05) is 0 Å². The molecule has 1 aliphatic rings. The van der Waals surface area contributed by atoms with Gasteiger partial charge in [0.2, 0.25) is 5.91 Å². The third kappa shape index (κ3) is 2.81. The molecule has 5 nitrogen and oxygen atoms in total. The molecule has 0 unspecified atom stereocenters. The van der Waals surface area contributed by atoms with Gasteiger partial charge in [0.05, 0.1) is 24.0 Å². The van der Waals surface area contributed by atoms with Crippen LogP contribution in [0.3, 0.4) is 0 Å². The fraction of sp³-hybridized carbons (Fsp3) is 0.429. The van der Waals surface area contributed by atoms with Gasteiger partial charge in [0.15, 0.2) is 11.6 Å². The molecule has 1 aromatic carbocycles. The number of benzene rings is 1. The van der Waals surface area contributed by atoms with Crippen LogP contribution in [-0.4, -0.2) is 28.6 Å². The largest absolute Gasteiger partial charge is 0.494 e. The van der Waals surface area contributed by atoms with Crippen molar-refractivity contribution < 1.29 is 13.9 Å². The van der Waals surface area contributed by atoms with E-state index in [2.05, 4.69) is 10.3 Å². The summed E-state index contributed by atoms with van der Waals surface area (Å²) in [4.78, 5) is 16.3. The molecule has 0 bridgehead atoms. The van der Waals surface area contributed by atoms with Gasteiger partial charge in [-0.1, -0.05) is 0 Å². The molecule has 1 fully saturated rings. The normalized spacial score (nSPS) is 14.4. The van der Waals surface area contributed by atoms with Gasteiger partial charge in [0, 0.05) is 18.2 Å². The van der Waals surface area contributed by atoms with Crippen LogP contribution in [0.25, 0.3) is 11.0 Å². The number of ether oxygens (including phenoxy) is 1. The molecule has 3 rings (SSSR count). The third-order valence-electron chi connectivity index (χ3n) is 3.46. The van der Waals surface area contributed by atoms with Crippen molar-refractivity contribution in [2.24, 2.45) is 0 Å². The molecule has 1 amide bonds. The van der Waals surface area contributed by atoms with E-state index in [1.54, 1.807) is 4.57 Å². The number of hydrogen-bond donors (Lipinski definition) is 1. The fourth-order valence-corrected chi connectivity index (χ4v) is 2.46. The van der Waals surface area contributed by atoms with Crippen molar-refractivity contribution in [3.63, 3.8) is 0 Å². The average molecular weight is 312 g/mol. The first-order chi connectivity index (χ1) is 10.1. The van der Waals surface area contributed by atoms with E-state index in [1.165, 1.54) is 19.2 Å². The highest BCUT2D eigenvalue weighted by Gasteiger charge is 2.24. The van der Waals surface area contributed by atoms with Crippen LogP contribution in [0.15, 0.2) is 12.1 Å². The van der Waals surface area contributed by atoms with Crippen LogP contribution >= 0.6 is 11.6 Å². The predicted molar refractivity (Wildman–Crippen MR) is 77.0 cm³/mol. The van der Waals surface area contributed by atoms with Crippen molar-refractivity contribution in [1.29, 1.82) is 0 Å². The Bertz CT molecular complexity index is 697. The summed E-state index contributed by atoms with van der Waals surface area (Å²) in [5.74, 6) is 0.220. The van der Waals surface area contributed by atoms with Crippen LogP contribution in [0.4, 0.5) is 4.39 Å². The minimum Gasteiger partial charge on any atom is -0.494 e. The maximum Gasteiger partial charge on any atom is 0.240 e. The molecule has 7 heteroatoms. The van der Waals surface area contributed by atoms with Crippen molar-refractivity contribution in [3.05, 3.63) is 23.8 Å². The van der Waals surface area contributed by atoms with Crippen molar-refractivity contribution in [2.45, 2.75) is 31.3 Å². The third-order valence-corrected chi connectivity index (χ3v) is 3.70. The zero-order chi connectivity index (χ0) is 15.0. The Morgan fingerprint density at radius 3 is 2.95 bits per heavy atom. The molecule has 1 heterocycles. The summed E-state index contributed by atoms with van der Waals surface area (Å²) >= 11 is 5.88. The van der Waals surface area contributed by atoms with E-state index in [4.69, 9.17) is 16.3 Å². The number of imidazole rings is 1. The van der Waals surface area contributed by atoms with Crippen LogP contribution in [0.1, 0.15) is 18.7 Å². The second-order valence-corrected chi connectivity index (χ2v) is 5.33. The summed E-state index contributed by atoms with van der Waals surface area (Å²) in [5, 5.41) is 2.91. The minimum absolute atomic E-state index is 0.0912. The van der Waals surface area contributed by atoms with Crippen molar-refractivity contribution in [2.75, 3.05) is 7.11 Å². The van der Waals surface area contributed by atoms with Crippen molar-refractivity contribution >= 4 is 28.5 Å². The van der Waals surface area contributed by atoms with E-state index in [-0.39, 0.29) is 24.1 Å². The minimum atomic E-state index is -0.488. The fourth-order valence-electron chi connectivity index (χ4n) is 2.26. The smallest absolute Gasteiger partial charge is 0.240 e. The summed E-state index contributed by atoms with van der Waals surface area (Å²) in [6, 6.07) is 3.12. The maximum atomic E-state index is 13.7. The lowest BCUT2D eigenvalue weighted by Gasteiger charge is -2.09. The highest BCUT2D eigenvalue weighted by molar-refractivity contribution is 6.16. The van der Waals surface area contributed by atoms with Crippen LogP contribution < -0.4 is 10.1 Å². The first-order valence-corrected chi connectivity index (χ1v) is 7.23. The van der Waals surface area contributed by atoms with E-state index in [0.717, 1.165) is 12.8 Å². The summed E-state index contributed by atoms with van der Waals surface area (Å²) in [6.07, 6.45) is 2.05. The SMILES string of the molecule is COc1cc2c(cc1F)nc(CCl)n2CC(=O)NC1CC1. The topological polar surface area (TPSA) is 56.2 Å². The number of methoxy groups -OCH3 is 1. The monoisotopic (exact) mass is 311 g/mol. The van der Waals surface area contributed by atoms with Gasteiger partial charge in [-0.05, 0) is 12.8 Å². The number of nitrogens with one attached hydrogen (secondary N) is 1. The Hall–Kier alpha value is -1.82. The maximum absolute atomic E-state index is 13.7. The number of alkyl halides is 1. The molecule has 112 valence electrons. The number of hydrogen-bond acceptors (Lipinski definition) is 3. The predicted octanol–water partition coefficient (Wildman–Crippen LogP) is 2.20. The van der Waals surface area contributed by atoms with Gasteiger partial charge in [-0.15, -0.1) is 11.6 Å². The van der Waals surface area contributed by atoms with Crippen LogP contribution in [0.5, 0.6) is 5.75 Å². The molecule has 1 saturated carbocycles. The molecule has 0 atom stereocenters. The van der Waals surface area contributed by atoms with E-state index >= 15 is 0 Å². The van der Waals surface area contributed by atoms with Crippen LogP contribution in [-0.2, 0) is 17.2 Å². The molecular weight excluding hydrogens is 297 g/mol. The lowest BCUT2D eigenvalue weighted by molar-refractivity contribution is -0.121. The van der Waals surface area contributed by atoms with E-state index < -0.39 is 5.82 Å². The molecule has 1 aromatic heterocycles. The van der Waals surface area contributed by atoms with Gasteiger partial charge in [-0.3, -0.25) is 4.79 Å². The Morgan fingerprint density at radius 1 is 1.57 bits per heavy atom. The zero-order valence-corrected chi connectivity index (χ0v) is 12.3. The molecule has 0 radical (unpaired) electrons. The Labute approximate surface area is 126 Å². The quantitative estimate of drug-likeness (QED) is 0.861. The van der Waals surface area contributed by atoms with Gasteiger partial charge in [0.1, 0.15) is 12.4 Å². The van der Waals surface area contributed by atoms with Gasteiger partial charge in [-0.25, -0.2) is 9.37 Å². The molecule has 2 aromatic rings. The summed E-state index contributed by atoms with van der Waals surface area (Å²) in [6.45, 7) is 0.115. The van der Waals surface area contributed by atoms with Crippen molar-refractivity contribution in [3.8, 4) is 5.75 Å². The second-order valence-electron chi connectivity index (χ2n) is 5.07. The Morgan fingerprint density at radius 2 is 2.33 bits per heavy atom. The number of rotatable bonds is 5. The lowest BCUT2D eigenvalue weighted by Crippen LogP contribution is -2.29. The van der Waals surface area contributed by atoms with Gasteiger partial charge >= 0.3 is 0 Å². The summed E-state index contributed by atoms with van der Waals surface area (Å²) in [7, 11) is 1.40. The number of amides is 1. The van der Waals surface area contributed by atoms with Crippen LogP contribution in [0, 0.1) is 5.82 Å². The van der Waals surface area contributed by atoms with E-state index in [9.17, 15) is 9.18 Å². The number of carbonyl (C=O) groups is 1. The molecule has 1 aliphatic carbocycles. The van der Waals surface area contributed by atoms with Gasteiger partial charge in [-0.2, -0.15) is 0 Å². The number of carbonyl (C=O) groups excluding carboxylic acids is 1. The number of fused-ring (bicyclic) bond motifs is 1. The first kappa shape index (κ1) is 14.1. The van der Waals surface area contributed by atoms with Crippen molar-refractivity contribution in [1.82, 2.24) is 14.9 Å². The molecule has 1 N–H and O–H groups in total.